The van der Waals surface area contributed by atoms with E-state index in [1.54, 1.807) is 52.2 Å². The van der Waals surface area contributed by atoms with E-state index in [0.29, 0.717) is 11.5 Å². The lowest BCUT2D eigenvalue weighted by atomic mass is 9.80. The van der Waals surface area contributed by atoms with E-state index in [1.165, 1.54) is 9.47 Å². The lowest BCUT2D eigenvalue weighted by Crippen LogP contribution is -2.46. The summed E-state index contributed by atoms with van der Waals surface area (Å²) in [5.74, 6) is -0.426. The van der Waals surface area contributed by atoms with E-state index in [0.717, 1.165) is 16.7 Å². The molecule has 2 N–H and O–H groups in total. The van der Waals surface area contributed by atoms with Gasteiger partial charge in [-0.25, -0.2) is 9.46 Å². The standard InChI is InChI=1S/C57H79N8O14P/c1-10-73-53(67)37-62(32-33-63(38-54(68)74-11-2)39-55(69)75-12-3)36-51(66)60-30-29-59-50-27-31-64(56(70)61-50)52-35-48(79-80(77-34-16-28-58)65(41(4)5)42(6)7)49(78-52)40-76-57(43-17-14-13-15-18-43,44-19-23-46(71-8)24-20-44)45-21-25-47(72-9)26-22-45/h13-15,17-27,31,41-42,48-49,52H,10-12,16,29-30,32-40H2,1-9H3,(H,60,66)(H,59,61,70)/t48-,49+,52+,80?/m0/s1. The molecule has 80 heavy (non-hydrogen) atoms. The zero-order valence-corrected chi connectivity index (χ0v) is 48.4. The van der Waals surface area contributed by atoms with E-state index in [2.05, 4.69) is 54.1 Å². The third-order valence-corrected chi connectivity index (χ3v) is 14.8. The molecule has 0 radical (unpaired) electrons. The minimum absolute atomic E-state index is 0.00923. The average Bonchev–Trinajstić information content (AvgIpc) is 3.88. The molecule has 1 amide bonds. The quantitative estimate of drug-likeness (QED) is 0.0175. The summed E-state index contributed by atoms with van der Waals surface area (Å²) in [6.07, 6.45) is -0.327. The molecule has 0 spiro atoms. The van der Waals surface area contributed by atoms with Gasteiger partial charge in [0.15, 0.2) is 0 Å². The number of amides is 1. The first kappa shape index (κ1) is 64.3. The number of ether oxygens (including phenoxy) is 7. The van der Waals surface area contributed by atoms with Crippen LogP contribution in [0.25, 0.3) is 0 Å². The fourth-order valence-corrected chi connectivity index (χ4v) is 10.8. The van der Waals surface area contributed by atoms with Crippen LogP contribution in [0.1, 0.15) is 84.2 Å². The van der Waals surface area contributed by atoms with Gasteiger partial charge in [0.25, 0.3) is 8.53 Å². The van der Waals surface area contributed by atoms with Gasteiger partial charge < -0.3 is 52.8 Å². The van der Waals surface area contributed by atoms with Gasteiger partial charge >= 0.3 is 23.6 Å². The molecule has 1 aliphatic rings. The predicted molar refractivity (Wildman–Crippen MR) is 300 cm³/mol. The molecule has 22 nitrogen and oxygen atoms in total. The molecule has 436 valence electrons. The van der Waals surface area contributed by atoms with Crippen molar-refractivity contribution in [3.63, 3.8) is 0 Å². The van der Waals surface area contributed by atoms with E-state index in [4.69, 9.17) is 42.2 Å². The van der Waals surface area contributed by atoms with Gasteiger partial charge in [-0.15, -0.1) is 0 Å². The van der Waals surface area contributed by atoms with E-state index >= 15 is 0 Å². The Morgan fingerprint density at radius 3 is 1.77 bits per heavy atom. The number of nitrogens with zero attached hydrogens (tertiary/aromatic N) is 6. The molecule has 5 rings (SSSR count). The molecule has 1 aromatic heterocycles. The van der Waals surface area contributed by atoms with Crippen LogP contribution in [-0.4, -0.2) is 172 Å². The number of carbonyl (C=O) groups excluding carboxylic acids is 4. The molecular formula is C57H79N8O14P. The number of nitriles is 1. The Kier molecular flexibility index (Phi) is 26.7. The molecule has 23 heteroatoms. The minimum Gasteiger partial charge on any atom is -0.497 e. The highest BCUT2D eigenvalue weighted by molar-refractivity contribution is 7.44. The summed E-state index contributed by atoms with van der Waals surface area (Å²) in [5.41, 5.74) is 0.666. The zero-order valence-electron chi connectivity index (χ0n) is 47.5. The molecule has 1 aliphatic heterocycles. The maximum atomic E-state index is 14.0. The molecule has 1 unspecified atom stereocenters. The van der Waals surface area contributed by atoms with Crippen molar-refractivity contribution in [2.75, 3.05) is 105 Å². The van der Waals surface area contributed by atoms with Crippen molar-refractivity contribution in [1.29, 1.82) is 5.26 Å². The lowest BCUT2D eigenvalue weighted by molar-refractivity contribution is -0.149. The number of methoxy groups -OCH3 is 2. The number of benzene rings is 3. The van der Waals surface area contributed by atoms with Crippen LogP contribution in [0.2, 0.25) is 0 Å². The molecule has 4 aromatic rings. The second-order valence-electron chi connectivity index (χ2n) is 19.0. The first-order valence-corrected chi connectivity index (χ1v) is 28.1. The molecule has 1 fully saturated rings. The lowest BCUT2D eigenvalue weighted by Gasteiger charge is -2.39. The van der Waals surface area contributed by atoms with Crippen LogP contribution in [0.5, 0.6) is 11.5 Å². The first-order chi connectivity index (χ1) is 38.6. The number of anilines is 1. The molecule has 3 aromatic carbocycles. The number of nitrogens with one attached hydrogen (secondary N) is 2. The Hall–Kier alpha value is -6.54. The largest absolute Gasteiger partial charge is 0.497 e. The predicted octanol–water partition coefficient (Wildman–Crippen LogP) is 6.04. The van der Waals surface area contributed by atoms with E-state index in [-0.39, 0.29) is 116 Å². The van der Waals surface area contributed by atoms with Gasteiger partial charge in [0, 0.05) is 50.9 Å². The van der Waals surface area contributed by atoms with Gasteiger partial charge in [-0.3, -0.25) is 33.5 Å². The van der Waals surface area contributed by atoms with Crippen molar-refractivity contribution in [1.82, 2.24) is 29.3 Å². The maximum Gasteiger partial charge on any atom is 0.351 e. The highest BCUT2D eigenvalue weighted by Gasteiger charge is 2.45. The molecule has 1 saturated heterocycles. The smallest absolute Gasteiger partial charge is 0.351 e. The summed E-state index contributed by atoms with van der Waals surface area (Å²) in [7, 11) is 1.47. The first-order valence-electron chi connectivity index (χ1n) is 27.0. The number of hydrogen-bond acceptors (Lipinski definition) is 20. The Morgan fingerprint density at radius 2 is 1.29 bits per heavy atom. The summed E-state index contributed by atoms with van der Waals surface area (Å²) in [6.45, 7) is 13.6. The maximum absolute atomic E-state index is 14.0. The normalized spacial score (nSPS) is 15.7. The van der Waals surface area contributed by atoms with Gasteiger partial charge in [0.1, 0.15) is 35.2 Å². The number of carbonyl (C=O) groups is 4. The number of esters is 3. The van der Waals surface area contributed by atoms with Crippen molar-refractivity contribution in [3.05, 3.63) is 118 Å². The highest BCUT2D eigenvalue weighted by atomic mass is 31.2. The monoisotopic (exact) mass is 1130 g/mol. The van der Waals surface area contributed by atoms with Crippen molar-refractivity contribution in [2.24, 2.45) is 0 Å². The number of aromatic nitrogens is 2. The molecule has 2 heterocycles. The van der Waals surface area contributed by atoms with Gasteiger partial charge in [-0.05, 0) is 95.5 Å². The third-order valence-electron chi connectivity index (χ3n) is 12.7. The van der Waals surface area contributed by atoms with E-state index < -0.39 is 62.1 Å². The molecule has 0 saturated carbocycles. The van der Waals surface area contributed by atoms with Crippen LogP contribution in [0.4, 0.5) is 5.82 Å². The second-order valence-corrected chi connectivity index (χ2v) is 20.4. The highest BCUT2D eigenvalue weighted by Crippen LogP contribution is 2.51. The van der Waals surface area contributed by atoms with Crippen LogP contribution in [0.15, 0.2) is 95.9 Å². The second kappa shape index (κ2) is 33.3. The van der Waals surface area contributed by atoms with Crippen molar-refractivity contribution in [2.45, 2.75) is 97.4 Å². The van der Waals surface area contributed by atoms with Crippen LogP contribution < -0.4 is 25.8 Å². The number of rotatable bonds is 35. The van der Waals surface area contributed by atoms with Crippen molar-refractivity contribution in [3.8, 4) is 17.6 Å². The summed E-state index contributed by atoms with van der Waals surface area (Å²) in [5, 5.41) is 15.4. The minimum atomic E-state index is -1.75. The topological polar surface area (TPSA) is 244 Å². The van der Waals surface area contributed by atoms with Crippen molar-refractivity contribution < 1.29 is 61.4 Å². The third kappa shape index (κ3) is 19.1. The zero-order chi connectivity index (χ0) is 58.0. The van der Waals surface area contributed by atoms with E-state index in [9.17, 15) is 29.2 Å². The Labute approximate surface area is 470 Å². The number of hydrogen-bond donors (Lipinski definition) is 2. The van der Waals surface area contributed by atoms with Gasteiger partial charge in [0.05, 0.1) is 92.0 Å². The summed E-state index contributed by atoms with van der Waals surface area (Å²) >= 11 is 0. The Morgan fingerprint density at radius 1 is 0.762 bits per heavy atom. The summed E-state index contributed by atoms with van der Waals surface area (Å²) in [6, 6.07) is 29.1. The van der Waals surface area contributed by atoms with Gasteiger partial charge in [-0.2, -0.15) is 10.2 Å². The Balaban J connectivity index is 1.36. The van der Waals surface area contributed by atoms with Crippen LogP contribution in [0.3, 0.4) is 0 Å². The molecule has 4 atom stereocenters. The van der Waals surface area contributed by atoms with Crippen molar-refractivity contribution >= 4 is 38.2 Å². The van der Waals surface area contributed by atoms with Gasteiger partial charge in [0.2, 0.25) is 5.91 Å². The average molecular weight is 1130 g/mol. The fraction of sp³-hybridized carbons (Fsp3) is 0.526. The van der Waals surface area contributed by atoms with Crippen LogP contribution in [-0.2, 0) is 57.5 Å². The summed E-state index contributed by atoms with van der Waals surface area (Å²) in [4.78, 5) is 71.9. The SMILES string of the molecule is CCOC(=O)CN(CCN(CC(=O)OCC)CC(=O)OCC)CC(=O)NCCNc1ccn([C@H]2C[C@H](OP(OCCC#N)N(C(C)C)C(C)C)[C@@H](COC(c3ccccc3)(c3ccc(OC)cc3)c3ccc(OC)cc3)O2)c(=O)n1. The van der Waals surface area contributed by atoms with Gasteiger partial charge in [-0.1, -0.05) is 54.6 Å². The van der Waals surface area contributed by atoms with Crippen LogP contribution >= 0.6 is 8.53 Å². The van der Waals surface area contributed by atoms with E-state index in [1.807, 2.05) is 78.9 Å². The summed E-state index contributed by atoms with van der Waals surface area (Å²) < 4.78 is 57.5. The fourth-order valence-electron chi connectivity index (χ4n) is 9.08. The van der Waals surface area contributed by atoms with Crippen LogP contribution in [0, 0.1) is 11.3 Å². The Bertz CT molecular complexity index is 2570. The molecular weight excluding hydrogens is 1050 g/mol. The molecule has 0 bridgehead atoms. The molecule has 0 aliphatic carbocycles.